The smallest absolute Gasteiger partial charge is 0.239 e. The van der Waals surface area contributed by atoms with Crippen LogP contribution in [0.1, 0.15) is 17.7 Å². The van der Waals surface area contributed by atoms with Gasteiger partial charge in [0, 0.05) is 19.2 Å². The van der Waals surface area contributed by atoms with Crippen molar-refractivity contribution in [1.29, 1.82) is 0 Å². The van der Waals surface area contributed by atoms with E-state index in [1.54, 1.807) is 13.0 Å². The van der Waals surface area contributed by atoms with Crippen LogP contribution in [-0.4, -0.2) is 35.6 Å². The Bertz CT molecular complexity index is 676. The van der Waals surface area contributed by atoms with E-state index < -0.39 is 0 Å². The van der Waals surface area contributed by atoms with Crippen LogP contribution < -0.4 is 5.32 Å². The summed E-state index contributed by atoms with van der Waals surface area (Å²) in [5, 5.41) is 6.51. The molecule has 5 heteroatoms. The summed E-state index contributed by atoms with van der Waals surface area (Å²) in [7, 11) is 0. The molecule has 0 bridgehead atoms. The van der Waals surface area contributed by atoms with E-state index in [2.05, 4.69) is 45.7 Å². The van der Waals surface area contributed by atoms with Crippen LogP contribution in [0.15, 0.2) is 47.0 Å². The first-order valence-corrected chi connectivity index (χ1v) is 7.41. The number of carbonyl (C=O) groups is 1. The molecule has 0 spiro atoms. The fraction of sp³-hybridized carbons (Fsp3) is 0.294. The lowest BCUT2D eigenvalue weighted by Crippen LogP contribution is -2.36. The van der Waals surface area contributed by atoms with Crippen LogP contribution in [-0.2, 0) is 4.79 Å². The summed E-state index contributed by atoms with van der Waals surface area (Å²) in [6.45, 7) is 3.83. The minimum absolute atomic E-state index is 0.0649. The van der Waals surface area contributed by atoms with E-state index >= 15 is 0 Å². The molecule has 0 radical (unpaired) electrons. The van der Waals surface area contributed by atoms with E-state index in [-0.39, 0.29) is 5.91 Å². The summed E-state index contributed by atoms with van der Waals surface area (Å²) in [6, 6.07) is 12.1. The molecule has 3 rings (SSSR count). The first-order chi connectivity index (χ1) is 10.7. The van der Waals surface area contributed by atoms with Gasteiger partial charge in [0.15, 0.2) is 5.82 Å². The normalized spacial score (nSPS) is 15.4. The lowest BCUT2D eigenvalue weighted by atomic mass is 10.00. The SMILES string of the molecule is Cc1cc(NC(=O)CN2CC=C(c3ccccc3)CC2)no1. The molecular formula is C17H19N3O2. The summed E-state index contributed by atoms with van der Waals surface area (Å²) >= 11 is 0. The lowest BCUT2D eigenvalue weighted by Gasteiger charge is -2.25. The molecule has 0 fully saturated rings. The molecule has 114 valence electrons. The van der Waals surface area contributed by atoms with Crippen LogP contribution in [0, 0.1) is 6.92 Å². The average Bonchev–Trinajstić information content (AvgIpc) is 2.94. The van der Waals surface area contributed by atoms with E-state index in [4.69, 9.17) is 4.52 Å². The lowest BCUT2D eigenvalue weighted by molar-refractivity contribution is -0.117. The number of aromatic nitrogens is 1. The molecule has 5 nitrogen and oxygen atoms in total. The van der Waals surface area contributed by atoms with E-state index in [1.165, 1.54) is 11.1 Å². The second-order valence-electron chi connectivity index (χ2n) is 5.45. The maximum absolute atomic E-state index is 12.0. The number of benzene rings is 1. The summed E-state index contributed by atoms with van der Waals surface area (Å²) in [5.41, 5.74) is 2.62. The van der Waals surface area contributed by atoms with Crippen molar-refractivity contribution in [1.82, 2.24) is 10.1 Å². The molecule has 1 aromatic heterocycles. The van der Waals surface area contributed by atoms with Crippen LogP contribution in [0.4, 0.5) is 5.82 Å². The maximum Gasteiger partial charge on any atom is 0.239 e. The number of nitrogens with one attached hydrogen (secondary N) is 1. The van der Waals surface area contributed by atoms with Gasteiger partial charge in [0.1, 0.15) is 5.76 Å². The number of amides is 1. The first kappa shape index (κ1) is 14.5. The van der Waals surface area contributed by atoms with Gasteiger partial charge in [-0.2, -0.15) is 0 Å². The minimum atomic E-state index is -0.0649. The zero-order valence-electron chi connectivity index (χ0n) is 12.6. The van der Waals surface area contributed by atoms with E-state index in [9.17, 15) is 4.79 Å². The third-order valence-corrected chi connectivity index (χ3v) is 3.70. The monoisotopic (exact) mass is 297 g/mol. The minimum Gasteiger partial charge on any atom is -0.360 e. The second-order valence-corrected chi connectivity index (χ2v) is 5.45. The highest BCUT2D eigenvalue weighted by Crippen LogP contribution is 2.21. The zero-order chi connectivity index (χ0) is 15.4. The summed E-state index contributed by atoms with van der Waals surface area (Å²) in [5.74, 6) is 1.09. The molecule has 0 saturated heterocycles. The van der Waals surface area contributed by atoms with Crippen LogP contribution >= 0.6 is 0 Å². The summed E-state index contributed by atoms with van der Waals surface area (Å²) in [6.07, 6.45) is 3.16. The van der Waals surface area contributed by atoms with Gasteiger partial charge in [-0.1, -0.05) is 41.6 Å². The average molecular weight is 297 g/mol. The number of nitrogens with zero attached hydrogens (tertiary/aromatic N) is 2. The van der Waals surface area contributed by atoms with Gasteiger partial charge >= 0.3 is 0 Å². The molecule has 1 N–H and O–H groups in total. The highest BCUT2D eigenvalue weighted by molar-refractivity contribution is 5.91. The van der Waals surface area contributed by atoms with Gasteiger partial charge in [-0.25, -0.2) is 0 Å². The number of hydrogen-bond donors (Lipinski definition) is 1. The third kappa shape index (κ3) is 3.62. The molecule has 0 saturated carbocycles. The molecule has 0 unspecified atom stereocenters. The van der Waals surface area contributed by atoms with Crippen molar-refractivity contribution < 1.29 is 9.32 Å². The largest absolute Gasteiger partial charge is 0.360 e. The number of hydrogen-bond acceptors (Lipinski definition) is 4. The van der Waals surface area contributed by atoms with Gasteiger partial charge in [0.2, 0.25) is 5.91 Å². The Hall–Kier alpha value is -2.40. The zero-order valence-corrected chi connectivity index (χ0v) is 12.6. The molecule has 1 aliphatic heterocycles. The number of anilines is 1. The van der Waals surface area contributed by atoms with Gasteiger partial charge in [0.05, 0.1) is 6.54 Å². The van der Waals surface area contributed by atoms with E-state index in [1.807, 2.05) is 6.07 Å². The van der Waals surface area contributed by atoms with Crippen LogP contribution in [0.25, 0.3) is 5.57 Å². The van der Waals surface area contributed by atoms with Crippen LogP contribution in [0.2, 0.25) is 0 Å². The van der Waals surface area contributed by atoms with Crippen molar-refractivity contribution in [2.24, 2.45) is 0 Å². The molecular weight excluding hydrogens is 278 g/mol. The third-order valence-electron chi connectivity index (χ3n) is 3.70. The quantitative estimate of drug-likeness (QED) is 0.942. The Balaban J connectivity index is 1.53. The Kier molecular flexibility index (Phi) is 4.34. The van der Waals surface area contributed by atoms with E-state index in [0.717, 1.165) is 19.5 Å². The van der Waals surface area contributed by atoms with Gasteiger partial charge in [-0.15, -0.1) is 0 Å². The summed E-state index contributed by atoms with van der Waals surface area (Å²) < 4.78 is 4.93. The molecule has 22 heavy (non-hydrogen) atoms. The molecule has 0 atom stereocenters. The highest BCUT2D eigenvalue weighted by Gasteiger charge is 2.16. The second kappa shape index (κ2) is 6.58. The highest BCUT2D eigenvalue weighted by atomic mass is 16.5. The molecule has 2 heterocycles. The molecule has 1 aliphatic rings. The van der Waals surface area contributed by atoms with Crippen LogP contribution in [0.5, 0.6) is 0 Å². The predicted molar refractivity (Wildman–Crippen MR) is 85.3 cm³/mol. The fourth-order valence-corrected chi connectivity index (χ4v) is 2.58. The first-order valence-electron chi connectivity index (χ1n) is 7.41. The Labute approximate surface area is 129 Å². The van der Waals surface area contributed by atoms with Crippen molar-refractivity contribution in [2.45, 2.75) is 13.3 Å². The van der Waals surface area contributed by atoms with Crippen molar-refractivity contribution in [3.05, 3.63) is 53.8 Å². The Morgan fingerprint density at radius 2 is 2.18 bits per heavy atom. The van der Waals surface area contributed by atoms with Crippen molar-refractivity contribution in [3.63, 3.8) is 0 Å². The van der Waals surface area contributed by atoms with Gasteiger partial charge < -0.3 is 9.84 Å². The van der Waals surface area contributed by atoms with Crippen molar-refractivity contribution in [3.8, 4) is 0 Å². The van der Waals surface area contributed by atoms with Gasteiger partial charge in [-0.05, 0) is 24.5 Å². The van der Waals surface area contributed by atoms with Crippen LogP contribution in [0.3, 0.4) is 0 Å². The topological polar surface area (TPSA) is 58.4 Å². The number of aryl methyl sites for hydroxylation is 1. The number of carbonyl (C=O) groups excluding carboxylic acids is 1. The molecule has 0 aliphatic carbocycles. The predicted octanol–water partition coefficient (Wildman–Crippen LogP) is 2.71. The Morgan fingerprint density at radius 3 is 2.82 bits per heavy atom. The van der Waals surface area contributed by atoms with Gasteiger partial charge in [0.25, 0.3) is 0 Å². The Morgan fingerprint density at radius 1 is 1.36 bits per heavy atom. The molecule has 1 amide bonds. The van der Waals surface area contributed by atoms with E-state index in [0.29, 0.717) is 18.1 Å². The number of rotatable bonds is 4. The molecule has 1 aromatic carbocycles. The maximum atomic E-state index is 12.0. The van der Waals surface area contributed by atoms with Crippen molar-refractivity contribution >= 4 is 17.3 Å². The fourth-order valence-electron chi connectivity index (χ4n) is 2.58. The van der Waals surface area contributed by atoms with Gasteiger partial charge in [-0.3, -0.25) is 9.69 Å². The van der Waals surface area contributed by atoms with Crippen molar-refractivity contribution in [2.75, 3.05) is 25.0 Å². The molecule has 2 aromatic rings. The standard InChI is InChI=1S/C17H19N3O2/c1-13-11-16(19-22-13)18-17(21)12-20-9-7-15(8-10-20)14-5-3-2-4-6-14/h2-7,11H,8-10,12H2,1H3,(H,18,19,21). The summed E-state index contributed by atoms with van der Waals surface area (Å²) in [4.78, 5) is 14.1.